The fourth-order valence-corrected chi connectivity index (χ4v) is 3.33. The van der Waals surface area contributed by atoms with Crippen LogP contribution in [0.2, 0.25) is 0 Å². The molecule has 0 spiro atoms. The zero-order valence-corrected chi connectivity index (χ0v) is 13.3. The second-order valence-corrected chi connectivity index (χ2v) is 6.92. The Hall–Kier alpha value is -1.21. The number of hydrogen-bond acceptors (Lipinski definition) is 5. The van der Waals surface area contributed by atoms with Crippen LogP contribution in [0.4, 0.5) is 26.3 Å². The van der Waals surface area contributed by atoms with E-state index in [1.54, 1.807) is 0 Å². The number of rotatable bonds is 6. The molecule has 13 heteroatoms. The van der Waals surface area contributed by atoms with E-state index in [-0.39, 0.29) is 24.3 Å². The fourth-order valence-electron chi connectivity index (χ4n) is 2.07. The van der Waals surface area contributed by atoms with E-state index in [0.717, 1.165) is 0 Å². The van der Waals surface area contributed by atoms with Crippen molar-refractivity contribution in [3.63, 3.8) is 0 Å². The number of carboxylic acid groups (broad SMARTS) is 1. The van der Waals surface area contributed by atoms with Crippen LogP contribution in [0.3, 0.4) is 0 Å². The Kier molecular flexibility index (Phi) is 6.98. The predicted octanol–water partition coefficient (Wildman–Crippen LogP) is 1.80. The molecular formula is C12H14F6O6S. The molecule has 1 heterocycles. The summed E-state index contributed by atoms with van der Waals surface area (Å²) in [5, 5.41) is 8.40. The Balaban J connectivity index is 2.83. The molecule has 0 aromatic heterocycles. The van der Waals surface area contributed by atoms with Crippen molar-refractivity contribution in [3.8, 4) is 0 Å². The van der Waals surface area contributed by atoms with E-state index in [1.165, 1.54) is 0 Å². The predicted molar refractivity (Wildman–Crippen MR) is 70.0 cm³/mol. The third-order valence-corrected chi connectivity index (χ3v) is 4.76. The molecule has 1 aliphatic heterocycles. The monoisotopic (exact) mass is 400 g/mol. The Morgan fingerprint density at radius 1 is 1.08 bits per heavy atom. The minimum Gasteiger partial charge on any atom is -0.616 e. The summed E-state index contributed by atoms with van der Waals surface area (Å²) in [5.74, 6) is -3.98. The zero-order chi connectivity index (χ0) is 19.5. The maximum atomic E-state index is 12.9. The van der Waals surface area contributed by atoms with Crippen molar-refractivity contribution in [1.29, 1.82) is 0 Å². The van der Waals surface area contributed by atoms with Crippen molar-refractivity contribution in [2.45, 2.75) is 43.3 Å². The maximum absolute atomic E-state index is 12.9. The molecule has 0 aliphatic carbocycles. The lowest BCUT2D eigenvalue weighted by Gasteiger charge is -2.35. The van der Waals surface area contributed by atoms with Crippen molar-refractivity contribution in [1.82, 2.24) is 0 Å². The lowest BCUT2D eigenvalue weighted by atomic mass is 9.97. The molecule has 0 unspecified atom stereocenters. The maximum Gasteiger partial charge on any atom is 0.438 e. The summed E-state index contributed by atoms with van der Waals surface area (Å²) in [6.45, 7) is -1.22. The average molecular weight is 400 g/mol. The lowest BCUT2D eigenvalue weighted by Crippen LogP contribution is -2.61. The third kappa shape index (κ3) is 5.64. The number of hydrogen-bond donors (Lipinski definition) is 1. The highest BCUT2D eigenvalue weighted by atomic mass is 32.2. The van der Waals surface area contributed by atoms with E-state index < -0.39 is 60.2 Å². The number of ether oxygens (including phenoxy) is 2. The third-order valence-electron chi connectivity index (χ3n) is 3.38. The fraction of sp³-hybridized carbons (Fsp3) is 0.833. The van der Waals surface area contributed by atoms with Crippen molar-refractivity contribution in [2.24, 2.45) is 0 Å². The molecule has 0 amide bonds. The first kappa shape index (κ1) is 21.8. The molecule has 0 radical (unpaired) electrons. The molecule has 0 atom stereocenters. The van der Waals surface area contributed by atoms with Gasteiger partial charge in [-0.25, -0.2) is 4.79 Å². The highest BCUT2D eigenvalue weighted by Gasteiger charge is 2.75. The van der Waals surface area contributed by atoms with Gasteiger partial charge in [0.05, 0.1) is 6.10 Å². The van der Waals surface area contributed by atoms with E-state index in [9.17, 15) is 40.5 Å². The van der Waals surface area contributed by atoms with Gasteiger partial charge in [0.15, 0.2) is 0 Å². The number of halogens is 6. The van der Waals surface area contributed by atoms with Gasteiger partial charge in [0.1, 0.15) is 24.5 Å². The summed E-state index contributed by atoms with van der Waals surface area (Å²) in [6.07, 6.45) is -15.1. The zero-order valence-electron chi connectivity index (χ0n) is 12.5. The topological polar surface area (TPSA) is 95.9 Å². The minimum absolute atomic E-state index is 0.221. The number of carbonyl (C=O) groups is 2. The molecule has 0 aromatic carbocycles. The van der Waals surface area contributed by atoms with Crippen LogP contribution in [0.15, 0.2) is 0 Å². The Morgan fingerprint density at radius 2 is 1.56 bits per heavy atom. The van der Waals surface area contributed by atoms with E-state index in [2.05, 4.69) is 4.74 Å². The average Bonchev–Trinajstić information content (AvgIpc) is 2.43. The van der Waals surface area contributed by atoms with Crippen LogP contribution in [0.1, 0.15) is 19.3 Å². The van der Waals surface area contributed by atoms with Gasteiger partial charge in [-0.05, 0) is 0 Å². The van der Waals surface area contributed by atoms with E-state index in [4.69, 9.17) is 9.84 Å². The van der Waals surface area contributed by atoms with Crippen LogP contribution in [-0.2, 0) is 30.2 Å². The molecular weight excluding hydrogens is 386 g/mol. The van der Waals surface area contributed by atoms with Crippen molar-refractivity contribution >= 4 is 23.1 Å². The highest BCUT2D eigenvalue weighted by Crippen LogP contribution is 2.48. The molecule has 1 saturated heterocycles. The molecule has 0 aromatic rings. The summed E-state index contributed by atoms with van der Waals surface area (Å²) >= 11 is -1.08. The van der Waals surface area contributed by atoms with E-state index >= 15 is 0 Å². The lowest BCUT2D eigenvalue weighted by molar-refractivity contribution is -0.370. The number of aliphatic carboxylic acids is 1. The van der Waals surface area contributed by atoms with Crippen LogP contribution in [-0.4, -0.2) is 63.8 Å². The van der Waals surface area contributed by atoms with Gasteiger partial charge in [-0.3, -0.25) is 4.79 Å². The largest absolute Gasteiger partial charge is 0.616 e. The van der Waals surface area contributed by atoms with E-state index in [1.807, 2.05) is 0 Å². The summed E-state index contributed by atoms with van der Waals surface area (Å²) in [6, 6.07) is 0. The molecule has 1 rings (SSSR count). The van der Waals surface area contributed by atoms with Crippen LogP contribution in [0.25, 0.3) is 0 Å². The molecule has 1 N–H and O–H groups in total. The van der Waals surface area contributed by atoms with Gasteiger partial charge in [0.25, 0.3) is 0 Å². The SMILES string of the molecule is O=C(O)CC(OC(=O)COC1CC[S+]([O-])CC1)(C(F)(F)F)C(F)(F)F. The van der Waals surface area contributed by atoms with Crippen LogP contribution >= 0.6 is 0 Å². The van der Waals surface area contributed by atoms with Crippen molar-refractivity contribution in [2.75, 3.05) is 18.1 Å². The van der Waals surface area contributed by atoms with Gasteiger partial charge >= 0.3 is 29.9 Å². The van der Waals surface area contributed by atoms with Crippen LogP contribution in [0.5, 0.6) is 0 Å². The van der Waals surface area contributed by atoms with Crippen LogP contribution in [0, 0.1) is 0 Å². The Morgan fingerprint density at radius 3 is 1.96 bits per heavy atom. The van der Waals surface area contributed by atoms with Crippen molar-refractivity contribution < 1.29 is 55.1 Å². The molecule has 6 nitrogen and oxygen atoms in total. The van der Waals surface area contributed by atoms with Gasteiger partial charge in [-0.1, -0.05) is 11.2 Å². The number of carbonyl (C=O) groups excluding carboxylic acids is 1. The highest BCUT2D eigenvalue weighted by molar-refractivity contribution is 7.91. The summed E-state index contributed by atoms with van der Waals surface area (Å²) in [4.78, 5) is 21.9. The van der Waals surface area contributed by atoms with Crippen LogP contribution < -0.4 is 0 Å². The standard InChI is InChI=1S/C12H14F6O6S/c13-11(14,15)10(5-8(19)20,12(16,17)18)24-9(21)6-23-7-1-3-25(22)4-2-7/h7H,1-6H2,(H,19,20). The number of esters is 1. The minimum atomic E-state index is -6.19. The van der Waals surface area contributed by atoms with Gasteiger partial charge in [-0.15, -0.1) is 0 Å². The molecule has 1 aliphatic rings. The van der Waals surface area contributed by atoms with Gasteiger partial charge in [-0.2, -0.15) is 26.3 Å². The molecule has 1 fully saturated rings. The molecule has 146 valence electrons. The van der Waals surface area contributed by atoms with E-state index in [0.29, 0.717) is 0 Å². The smallest absolute Gasteiger partial charge is 0.438 e. The first-order chi connectivity index (χ1) is 11.3. The Labute approximate surface area is 140 Å². The second kappa shape index (κ2) is 7.99. The first-order valence-corrected chi connectivity index (χ1v) is 8.31. The summed E-state index contributed by atoms with van der Waals surface area (Å²) in [5.41, 5.74) is -5.17. The molecule has 0 saturated carbocycles. The summed E-state index contributed by atoms with van der Waals surface area (Å²) < 4.78 is 96.9. The normalized spacial score (nSPS) is 22.5. The van der Waals surface area contributed by atoms with Gasteiger partial charge in [0.2, 0.25) is 0 Å². The number of alkyl halides is 6. The Bertz CT molecular complexity index is 471. The quantitative estimate of drug-likeness (QED) is 0.415. The summed E-state index contributed by atoms with van der Waals surface area (Å²) in [7, 11) is 0. The molecule has 25 heavy (non-hydrogen) atoms. The number of carboxylic acids is 1. The second-order valence-electron chi connectivity index (χ2n) is 5.23. The molecule has 0 bridgehead atoms. The van der Waals surface area contributed by atoms with Gasteiger partial charge < -0.3 is 19.1 Å². The van der Waals surface area contributed by atoms with Gasteiger partial charge in [0, 0.05) is 12.8 Å². The first-order valence-electron chi connectivity index (χ1n) is 6.82. The van der Waals surface area contributed by atoms with Crippen molar-refractivity contribution in [3.05, 3.63) is 0 Å².